The molecule has 2 aliphatic heterocycles. The van der Waals surface area contributed by atoms with Gasteiger partial charge in [-0.1, -0.05) is 36.4 Å². The number of likely N-dealkylation sites (tertiary alicyclic amines) is 1. The predicted octanol–water partition coefficient (Wildman–Crippen LogP) is 4.05. The van der Waals surface area contributed by atoms with Crippen LogP contribution in [0.3, 0.4) is 0 Å². The number of anilines is 1. The Balaban J connectivity index is 1.52. The Labute approximate surface area is 199 Å². The Bertz CT molecular complexity index is 1210. The van der Waals surface area contributed by atoms with E-state index >= 15 is 0 Å². The van der Waals surface area contributed by atoms with E-state index in [1.54, 1.807) is 19.0 Å². The van der Waals surface area contributed by atoms with Crippen LogP contribution >= 0.6 is 0 Å². The summed E-state index contributed by atoms with van der Waals surface area (Å²) in [5, 5.41) is 13.5. The molecule has 174 valence electrons. The van der Waals surface area contributed by atoms with Gasteiger partial charge in [-0.3, -0.25) is 9.59 Å². The molecule has 2 aliphatic rings. The first kappa shape index (κ1) is 22.2. The summed E-state index contributed by atoms with van der Waals surface area (Å²) in [6, 6.07) is 23.0. The summed E-state index contributed by atoms with van der Waals surface area (Å²) in [6.07, 6.45) is 0.840. The minimum atomic E-state index is -0.101. The number of nitrogens with zero attached hydrogens (tertiary/aromatic N) is 2. The number of aliphatic hydroxyl groups is 1. The third-order valence-corrected chi connectivity index (χ3v) is 7.02. The van der Waals surface area contributed by atoms with Gasteiger partial charge in [0.25, 0.3) is 11.8 Å². The normalized spacial score (nSPS) is 20.8. The molecule has 1 saturated heterocycles. The lowest BCUT2D eigenvalue weighted by atomic mass is 9.82. The fourth-order valence-electron chi connectivity index (χ4n) is 5.28. The molecule has 0 bridgehead atoms. The van der Waals surface area contributed by atoms with E-state index in [0.717, 1.165) is 28.8 Å². The molecule has 3 aromatic carbocycles. The highest BCUT2D eigenvalue weighted by Gasteiger charge is 2.45. The second-order valence-electron chi connectivity index (χ2n) is 9.27. The van der Waals surface area contributed by atoms with Gasteiger partial charge in [-0.25, -0.2) is 0 Å². The van der Waals surface area contributed by atoms with Crippen LogP contribution in [-0.4, -0.2) is 60.0 Å². The van der Waals surface area contributed by atoms with Crippen molar-refractivity contribution in [1.82, 2.24) is 9.80 Å². The van der Waals surface area contributed by atoms with Gasteiger partial charge in [0.2, 0.25) is 0 Å². The maximum atomic E-state index is 13.4. The molecule has 6 nitrogen and oxygen atoms in total. The van der Waals surface area contributed by atoms with E-state index in [1.807, 2.05) is 71.6 Å². The topological polar surface area (TPSA) is 72.9 Å². The molecule has 1 fully saturated rings. The number of carbonyl (C=O) groups excluding carboxylic acids is 2. The lowest BCUT2D eigenvalue weighted by molar-refractivity contribution is 0.0700. The van der Waals surface area contributed by atoms with Crippen molar-refractivity contribution in [3.8, 4) is 11.1 Å². The molecule has 2 heterocycles. The van der Waals surface area contributed by atoms with Crippen LogP contribution in [-0.2, 0) is 0 Å². The SMILES string of the molecule is CN(C)C(=O)c1ccc(-c2ccc3c(c2)[C@@H]2[C@@H](CCN2C(=O)c2ccccc2)[C@H](CO)N3)cc1. The van der Waals surface area contributed by atoms with E-state index in [9.17, 15) is 14.7 Å². The van der Waals surface area contributed by atoms with E-state index in [0.29, 0.717) is 17.7 Å². The van der Waals surface area contributed by atoms with Crippen molar-refractivity contribution < 1.29 is 14.7 Å². The van der Waals surface area contributed by atoms with Crippen molar-refractivity contribution >= 4 is 17.5 Å². The van der Waals surface area contributed by atoms with Gasteiger partial charge >= 0.3 is 0 Å². The average molecular weight is 456 g/mol. The lowest BCUT2D eigenvalue weighted by Gasteiger charge is -2.39. The van der Waals surface area contributed by atoms with Crippen molar-refractivity contribution in [1.29, 1.82) is 0 Å². The molecule has 6 heteroatoms. The number of nitrogens with one attached hydrogen (secondary N) is 1. The largest absolute Gasteiger partial charge is 0.394 e. The highest BCUT2D eigenvalue weighted by Crippen LogP contribution is 2.47. The number of fused-ring (bicyclic) bond motifs is 3. The summed E-state index contributed by atoms with van der Waals surface area (Å²) in [4.78, 5) is 29.2. The maximum absolute atomic E-state index is 13.4. The Morgan fingerprint density at radius 3 is 2.35 bits per heavy atom. The molecule has 2 amide bonds. The van der Waals surface area contributed by atoms with Gasteiger partial charge in [0.05, 0.1) is 18.7 Å². The third-order valence-electron chi connectivity index (χ3n) is 7.02. The van der Waals surface area contributed by atoms with Crippen LogP contribution in [0.4, 0.5) is 5.69 Å². The summed E-state index contributed by atoms with van der Waals surface area (Å²) in [5.74, 6) is 0.134. The minimum Gasteiger partial charge on any atom is -0.394 e. The van der Waals surface area contributed by atoms with Crippen LogP contribution in [0, 0.1) is 5.92 Å². The van der Waals surface area contributed by atoms with E-state index in [4.69, 9.17) is 0 Å². The summed E-state index contributed by atoms with van der Waals surface area (Å²) in [6.45, 7) is 0.684. The maximum Gasteiger partial charge on any atom is 0.254 e. The molecule has 2 N–H and O–H groups in total. The molecule has 0 radical (unpaired) electrons. The van der Waals surface area contributed by atoms with E-state index in [2.05, 4.69) is 11.4 Å². The molecular formula is C28H29N3O3. The monoisotopic (exact) mass is 455 g/mol. The zero-order chi connectivity index (χ0) is 23.8. The van der Waals surface area contributed by atoms with Crippen molar-refractivity contribution in [3.63, 3.8) is 0 Å². The number of amides is 2. The van der Waals surface area contributed by atoms with Gasteiger partial charge in [0.1, 0.15) is 0 Å². The number of benzene rings is 3. The summed E-state index contributed by atoms with van der Waals surface area (Å²) >= 11 is 0. The number of carbonyl (C=O) groups is 2. The van der Waals surface area contributed by atoms with Gasteiger partial charge < -0.3 is 20.2 Å². The van der Waals surface area contributed by atoms with Crippen molar-refractivity contribution in [2.45, 2.75) is 18.5 Å². The summed E-state index contributed by atoms with van der Waals surface area (Å²) in [5.41, 5.74) is 5.40. The fourth-order valence-corrected chi connectivity index (χ4v) is 5.28. The first-order valence-electron chi connectivity index (χ1n) is 11.7. The number of aliphatic hydroxyl groups excluding tert-OH is 1. The second kappa shape index (κ2) is 8.95. The highest BCUT2D eigenvalue weighted by molar-refractivity contribution is 5.95. The zero-order valence-electron chi connectivity index (χ0n) is 19.4. The Morgan fingerprint density at radius 2 is 1.68 bits per heavy atom. The molecule has 0 saturated carbocycles. The van der Waals surface area contributed by atoms with Gasteiger partial charge in [-0.2, -0.15) is 0 Å². The number of hydrogen-bond donors (Lipinski definition) is 2. The third kappa shape index (κ3) is 3.84. The van der Waals surface area contributed by atoms with Crippen LogP contribution < -0.4 is 5.32 Å². The molecule has 34 heavy (non-hydrogen) atoms. The van der Waals surface area contributed by atoms with Gasteiger partial charge in [0.15, 0.2) is 0 Å². The van der Waals surface area contributed by atoms with Crippen LogP contribution in [0.15, 0.2) is 72.8 Å². The van der Waals surface area contributed by atoms with E-state index in [-0.39, 0.29) is 36.4 Å². The van der Waals surface area contributed by atoms with Crippen LogP contribution in [0.1, 0.15) is 38.7 Å². The summed E-state index contributed by atoms with van der Waals surface area (Å²) in [7, 11) is 3.49. The number of rotatable bonds is 4. The number of hydrogen-bond acceptors (Lipinski definition) is 4. The zero-order valence-corrected chi connectivity index (χ0v) is 19.4. The first-order valence-corrected chi connectivity index (χ1v) is 11.7. The molecule has 0 spiro atoms. The van der Waals surface area contributed by atoms with Crippen LogP contribution in [0.25, 0.3) is 11.1 Å². The summed E-state index contributed by atoms with van der Waals surface area (Å²) < 4.78 is 0. The smallest absolute Gasteiger partial charge is 0.254 e. The van der Waals surface area contributed by atoms with Gasteiger partial charge in [-0.15, -0.1) is 0 Å². The van der Waals surface area contributed by atoms with Crippen LogP contribution in [0.5, 0.6) is 0 Å². The first-order chi connectivity index (χ1) is 16.5. The van der Waals surface area contributed by atoms with Crippen molar-refractivity contribution in [2.75, 3.05) is 32.6 Å². The van der Waals surface area contributed by atoms with E-state index < -0.39 is 0 Å². The predicted molar refractivity (Wildman–Crippen MR) is 133 cm³/mol. The van der Waals surface area contributed by atoms with Crippen molar-refractivity contribution in [2.24, 2.45) is 5.92 Å². The Morgan fingerprint density at radius 1 is 0.971 bits per heavy atom. The Kier molecular flexibility index (Phi) is 5.84. The molecule has 3 aromatic rings. The standard InChI is InChI=1S/C28H29N3O3/c1-30(2)27(33)20-10-8-18(9-11-20)21-12-13-24-23(16-21)26-22(25(17-32)29-24)14-15-31(26)28(34)19-6-4-3-5-7-19/h3-13,16,22,25-26,29,32H,14-15,17H2,1-2H3/t22-,25-,26-/m0/s1. The molecular weight excluding hydrogens is 426 g/mol. The minimum absolute atomic E-state index is 0.0228. The lowest BCUT2D eigenvalue weighted by Crippen LogP contribution is -2.42. The van der Waals surface area contributed by atoms with E-state index in [1.165, 1.54) is 0 Å². The average Bonchev–Trinajstić information content (AvgIpc) is 3.33. The molecule has 0 aliphatic carbocycles. The van der Waals surface area contributed by atoms with Crippen molar-refractivity contribution in [3.05, 3.63) is 89.5 Å². The molecule has 0 aromatic heterocycles. The Hall–Kier alpha value is -3.64. The second-order valence-corrected chi connectivity index (χ2v) is 9.27. The van der Waals surface area contributed by atoms with Crippen LogP contribution in [0.2, 0.25) is 0 Å². The van der Waals surface area contributed by atoms with Gasteiger partial charge in [-0.05, 0) is 59.5 Å². The molecule has 3 atom stereocenters. The molecule has 5 rings (SSSR count). The highest BCUT2D eigenvalue weighted by atomic mass is 16.3. The molecule has 0 unspecified atom stereocenters. The van der Waals surface area contributed by atoms with Gasteiger partial charge in [0, 0.05) is 43.4 Å². The quantitative estimate of drug-likeness (QED) is 0.623. The fraction of sp³-hybridized carbons (Fsp3) is 0.286.